The Morgan fingerprint density at radius 3 is 2.50 bits per heavy atom. The van der Waals surface area contributed by atoms with Crippen LogP contribution in [0.25, 0.3) is 0 Å². The molecule has 0 aliphatic rings. The number of aliphatic hydroxyl groups is 1. The van der Waals surface area contributed by atoms with Crippen molar-refractivity contribution < 1.29 is 23.4 Å². The standard InChI is InChI=1S/C14H19F2NO3/c1-17(8-13(18)9-20-2)4-3-14(19)10-5-11(15)7-12(16)6-10/h5-7,13,18H,3-4,8-9H2,1-2H3. The molecule has 0 aromatic heterocycles. The number of carbonyl (C=O) groups excluding carboxylic acids is 1. The van der Waals surface area contributed by atoms with Gasteiger partial charge >= 0.3 is 0 Å². The van der Waals surface area contributed by atoms with Crippen molar-refractivity contribution in [2.45, 2.75) is 12.5 Å². The molecule has 0 spiro atoms. The Bertz CT molecular complexity index is 434. The third kappa shape index (κ3) is 5.73. The number of ketones is 1. The Hall–Kier alpha value is -1.37. The van der Waals surface area contributed by atoms with E-state index in [0.717, 1.165) is 18.2 Å². The van der Waals surface area contributed by atoms with Crippen LogP contribution in [0.4, 0.5) is 8.78 Å². The number of aliphatic hydroxyl groups excluding tert-OH is 1. The van der Waals surface area contributed by atoms with Gasteiger partial charge in [-0.15, -0.1) is 0 Å². The van der Waals surface area contributed by atoms with E-state index in [1.807, 2.05) is 0 Å². The molecule has 0 radical (unpaired) electrons. The molecule has 1 rings (SSSR count). The molecule has 1 unspecified atom stereocenters. The van der Waals surface area contributed by atoms with Crippen molar-refractivity contribution in [3.63, 3.8) is 0 Å². The van der Waals surface area contributed by atoms with Gasteiger partial charge in [0.1, 0.15) is 11.6 Å². The fourth-order valence-electron chi connectivity index (χ4n) is 1.85. The van der Waals surface area contributed by atoms with Gasteiger partial charge in [-0.1, -0.05) is 0 Å². The summed E-state index contributed by atoms with van der Waals surface area (Å²) < 4.78 is 30.8. The second kappa shape index (κ2) is 8.04. The van der Waals surface area contributed by atoms with Crippen molar-refractivity contribution >= 4 is 5.78 Å². The number of hydrogen-bond acceptors (Lipinski definition) is 4. The van der Waals surface area contributed by atoms with Crippen molar-refractivity contribution in [1.82, 2.24) is 4.90 Å². The van der Waals surface area contributed by atoms with E-state index < -0.39 is 17.7 Å². The number of nitrogens with zero attached hydrogens (tertiary/aromatic N) is 1. The van der Waals surface area contributed by atoms with Crippen molar-refractivity contribution in [3.05, 3.63) is 35.4 Å². The van der Waals surface area contributed by atoms with Crippen LogP contribution in [-0.4, -0.2) is 55.7 Å². The van der Waals surface area contributed by atoms with Gasteiger partial charge < -0.3 is 14.7 Å². The third-order valence-corrected chi connectivity index (χ3v) is 2.79. The van der Waals surface area contributed by atoms with Gasteiger partial charge in [0.15, 0.2) is 5.78 Å². The molecule has 0 saturated heterocycles. The summed E-state index contributed by atoms with van der Waals surface area (Å²) in [5, 5.41) is 9.52. The maximum atomic E-state index is 13.0. The highest BCUT2D eigenvalue weighted by molar-refractivity contribution is 5.96. The van der Waals surface area contributed by atoms with Crippen LogP contribution in [0, 0.1) is 11.6 Å². The van der Waals surface area contributed by atoms with Crippen LogP contribution in [0.15, 0.2) is 18.2 Å². The Morgan fingerprint density at radius 1 is 1.35 bits per heavy atom. The highest BCUT2D eigenvalue weighted by Gasteiger charge is 2.12. The normalized spacial score (nSPS) is 12.7. The predicted molar refractivity (Wildman–Crippen MR) is 70.7 cm³/mol. The highest BCUT2D eigenvalue weighted by Crippen LogP contribution is 2.10. The summed E-state index contributed by atoms with van der Waals surface area (Å²) in [6.45, 7) is 0.962. The van der Waals surface area contributed by atoms with Crippen LogP contribution in [-0.2, 0) is 4.74 Å². The first kappa shape index (κ1) is 16.7. The number of rotatable bonds is 8. The lowest BCUT2D eigenvalue weighted by Gasteiger charge is -2.19. The number of likely N-dealkylation sites (N-methyl/N-ethyl adjacent to an activating group) is 1. The molecule has 1 atom stereocenters. The minimum Gasteiger partial charge on any atom is -0.389 e. The minimum absolute atomic E-state index is 0.0216. The molecule has 0 heterocycles. The smallest absolute Gasteiger partial charge is 0.164 e. The second-order valence-corrected chi connectivity index (χ2v) is 4.70. The molecular weight excluding hydrogens is 268 g/mol. The highest BCUT2D eigenvalue weighted by atomic mass is 19.1. The Balaban J connectivity index is 2.46. The molecule has 0 fully saturated rings. The van der Waals surface area contributed by atoms with Gasteiger partial charge in [0.05, 0.1) is 12.7 Å². The molecule has 0 amide bonds. The maximum absolute atomic E-state index is 13.0. The number of halogens is 2. The average Bonchev–Trinajstić information content (AvgIpc) is 2.35. The van der Waals surface area contributed by atoms with Gasteiger partial charge in [0.2, 0.25) is 0 Å². The molecule has 112 valence electrons. The van der Waals surface area contributed by atoms with Crippen LogP contribution in [0.3, 0.4) is 0 Å². The monoisotopic (exact) mass is 287 g/mol. The first-order valence-corrected chi connectivity index (χ1v) is 6.27. The fraction of sp³-hybridized carbons (Fsp3) is 0.500. The predicted octanol–water partition coefficient (Wildman–Crippen LogP) is 1.48. The van der Waals surface area contributed by atoms with E-state index in [2.05, 4.69) is 0 Å². The molecule has 0 aliphatic carbocycles. The Morgan fingerprint density at radius 2 is 1.95 bits per heavy atom. The summed E-state index contributed by atoms with van der Waals surface area (Å²) in [4.78, 5) is 13.6. The molecule has 1 N–H and O–H groups in total. The maximum Gasteiger partial charge on any atom is 0.164 e. The van der Waals surface area contributed by atoms with Gasteiger partial charge in [-0.05, 0) is 19.2 Å². The SMILES string of the molecule is COCC(O)CN(C)CCC(=O)c1cc(F)cc(F)c1. The first-order valence-electron chi connectivity index (χ1n) is 6.27. The van der Waals surface area contributed by atoms with Gasteiger partial charge in [-0.25, -0.2) is 8.78 Å². The van der Waals surface area contributed by atoms with E-state index in [0.29, 0.717) is 13.1 Å². The minimum atomic E-state index is -0.766. The van der Waals surface area contributed by atoms with Gasteiger partial charge in [-0.2, -0.15) is 0 Å². The first-order chi connectivity index (χ1) is 9.42. The van der Waals surface area contributed by atoms with E-state index in [1.165, 1.54) is 7.11 Å². The van der Waals surface area contributed by atoms with Crippen molar-refractivity contribution in [2.24, 2.45) is 0 Å². The Labute approximate surface area is 117 Å². The van der Waals surface area contributed by atoms with Gasteiger partial charge in [-0.3, -0.25) is 4.79 Å². The zero-order chi connectivity index (χ0) is 15.1. The third-order valence-electron chi connectivity index (χ3n) is 2.79. The fourth-order valence-corrected chi connectivity index (χ4v) is 1.85. The zero-order valence-corrected chi connectivity index (χ0v) is 11.6. The van der Waals surface area contributed by atoms with Crippen molar-refractivity contribution in [1.29, 1.82) is 0 Å². The molecule has 1 aromatic rings. The lowest BCUT2D eigenvalue weighted by molar-refractivity contribution is 0.0428. The number of hydrogen-bond donors (Lipinski definition) is 1. The summed E-state index contributed by atoms with van der Waals surface area (Å²) in [5.74, 6) is -1.87. The second-order valence-electron chi connectivity index (χ2n) is 4.70. The van der Waals surface area contributed by atoms with E-state index in [-0.39, 0.29) is 24.4 Å². The number of benzene rings is 1. The zero-order valence-electron chi connectivity index (χ0n) is 11.6. The molecule has 20 heavy (non-hydrogen) atoms. The lowest BCUT2D eigenvalue weighted by Crippen LogP contribution is -2.33. The Kier molecular flexibility index (Phi) is 6.70. The average molecular weight is 287 g/mol. The van der Waals surface area contributed by atoms with Crippen LogP contribution >= 0.6 is 0 Å². The number of Topliss-reactive ketones (excluding diaryl/α,β-unsaturated/α-hetero) is 1. The summed E-state index contributed by atoms with van der Waals surface area (Å²) in [6, 6.07) is 2.76. The van der Waals surface area contributed by atoms with Gasteiger partial charge in [0, 0.05) is 38.2 Å². The largest absolute Gasteiger partial charge is 0.389 e. The summed E-state index contributed by atoms with van der Waals surface area (Å²) in [7, 11) is 3.24. The molecule has 6 heteroatoms. The van der Waals surface area contributed by atoms with E-state index in [4.69, 9.17) is 4.74 Å². The van der Waals surface area contributed by atoms with E-state index >= 15 is 0 Å². The summed E-state index contributed by atoms with van der Waals surface area (Å²) in [5.41, 5.74) is 0.0216. The quantitative estimate of drug-likeness (QED) is 0.736. The summed E-state index contributed by atoms with van der Waals surface area (Å²) in [6.07, 6.45) is -0.509. The topological polar surface area (TPSA) is 49.8 Å². The van der Waals surface area contributed by atoms with Crippen molar-refractivity contribution in [2.75, 3.05) is 33.9 Å². The molecule has 0 aliphatic heterocycles. The van der Waals surface area contributed by atoms with Crippen LogP contribution < -0.4 is 0 Å². The van der Waals surface area contributed by atoms with Crippen molar-refractivity contribution in [3.8, 4) is 0 Å². The number of methoxy groups -OCH3 is 1. The molecule has 0 bridgehead atoms. The summed E-state index contributed by atoms with van der Waals surface area (Å²) >= 11 is 0. The molecule has 4 nitrogen and oxygen atoms in total. The van der Waals surface area contributed by atoms with E-state index in [1.54, 1.807) is 11.9 Å². The lowest BCUT2D eigenvalue weighted by atomic mass is 10.1. The van der Waals surface area contributed by atoms with Gasteiger partial charge in [0.25, 0.3) is 0 Å². The van der Waals surface area contributed by atoms with E-state index in [9.17, 15) is 18.7 Å². The molecule has 1 aromatic carbocycles. The van der Waals surface area contributed by atoms with Crippen LogP contribution in [0.2, 0.25) is 0 Å². The number of carbonyl (C=O) groups is 1. The van der Waals surface area contributed by atoms with Crippen LogP contribution in [0.1, 0.15) is 16.8 Å². The number of ether oxygens (including phenoxy) is 1. The molecular formula is C14H19F2NO3. The molecule has 0 saturated carbocycles. The van der Waals surface area contributed by atoms with Crippen LogP contribution in [0.5, 0.6) is 0 Å².